The standard InChI is InChI=1S/C14H11FN4O/c15-11-6-2-1-5-10(11)14(20)16-9-19-13-8-4-3-7-12(13)17-18-19/h1-8H,9H2,(H,16,20). The quantitative estimate of drug-likeness (QED) is 0.791. The molecule has 0 unspecified atom stereocenters. The second-order valence-corrected chi connectivity index (χ2v) is 4.22. The average Bonchev–Trinajstić information content (AvgIpc) is 2.88. The van der Waals surface area contributed by atoms with Gasteiger partial charge in [0.1, 0.15) is 18.0 Å². The van der Waals surface area contributed by atoms with Crippen LogP contribution in [0.3, 0.4) is 0 Å². The molecule has 1 amide bonds. The molecule has 1 N–H and O–H groups in total. The highest BCUT2D eigenvalue weighted by molar-refractivity contribution is 5.94. The van der Waals surface area contributed by atoms with Gasteiger partial charge in [0.15, 0.2) is 0 Å². The van der Waals surface area contributed by atoms with Gasteiger partial charge in [-0.25, -0.2) is 9.07 Å². The Labute approximate surface area is 114 Å². The van der Waals surface area contributed by atoms with Crippen molar-refractivity contribution in [3.05, 3.63) is 59.9 Å². The molecule has 1 heterocycles. The molecule has 0 aliphatic rings. The lowest BCUT2D eigenvalue weighted by Gasteiger charge is -2.06. The molecule has 2 aromatic carbocycles. The number of hydrogen-bond donors (Lipinski definition) is 1. The van der Waals surface area contributed by atoms with Gasteiger partial charge in [0.05, 0.1) is 11.1 Å². The Morgan fingerprint density at radius 2 is 1.90 bits per heavy atom. The molecule has 3 aromatic rings. The minimum atomic E-state index is -0.548. The lowest BCUT2D eigenvalue weighted by molar-refractivity contribution is 0.0936. The summed E-state index contributed by atoms with van der Waals surface area (Å²) >= 11 is 0. The second-order valence-electron chi connectivity index (χ2n) is 4.22. The molecule has 0 bridgehead atoms. The fourth-order valence-corrected chi connectivity index (χ4v) is 1.92. The van der Waals surface area contributed by atoms with Crippen LogP contribution in [0.2, 0.25) is 0 Å². The number of fused-ring (bicyclic) bond motifs is 1. The summed E-state index contributed by atoms with van der Waals surface area (Å²) in [6.07, 6.45) is 0. The zero-order valence-electron chi connectivity index (χ0n) is 10.5. The summed E-state index contributed by atoms with van der Waals surface area (Å²) < 4.78 is 15.0. The van der Waals surface area contributed by atoms with E-state index in [9.17, 15) is 9.18 Å². The molecule has 3 rings (SSSR count). The Morgan fingerprint density at radius 1 is 1.15 bits per heavy atom. The van der Waals surface area contributed by atoms with Crippen molar-refractivity contribution in [2.24, 2.45) is 0 Å². The first-order chi connectivity index (χ1) is 9.75. The van der Waals surface area contributed by atoms with E-state index < -0.39 is 11.7 Å². The summed E-state index contributed by atoms with van der Waals surface area (Å²) in [6.45, 7) is 0.133. The van der Waals surface area contributed by atoms with E-state index in [1.54, 1.807) is 10.7 Å². The predicted molar refractivity (Wildman–Crippen MR) is 71.4 cm³/mol. The van der Waals surface area contributed by atoms with Crippen molar-refractivity contribution < 1.29 is 9.18 Å². The van der Waals surface area contributed by atoms with Gasteiger partial charge in [-0.3, -0.25) is 4.79 Å². The van der Waals surface area contributed by atoms with Crippen molar-refractivity contribution >= 4 is 16.9 Å². The van der Waals surface area contributed by atoms with Gasteiger partial charge in [-0.05, 0) is 24.3 Å². The molecule has 0 radical (unpaired) electrons. The van der Waals surface area contributed by atoms with Crippen LogP contribution in [-0.4, -0.2) is 20.9 Å². The average molecular weight is 270 g/mol. The van der Waals surface area contributed by atoms with Crippen molar-refractivity contribution in [1.29, 1.82) is 0 Å². The molecule has 6 heteroatoms. The lowest BCUT2D eigenvalue weighted by Crippen LogP contribution is -2.27. The maximum atomic E-state index is 13.5. The van der Waals surface area contributed by atoms with Crippen LogP contribution in [-0.2, 0) is 6.67 Å². The zero-order chi connectivity index (χ0) is 13.9. The van der Waals surface area contributed by atoms with Crippen molar-refractivity contribution in [3.63, 3.8) is 0 Å². The summed E-state index contributed by atoms with van der Waals surface area (Å²) in [6, 6.07) is 13.2. The van der Waals surface area contributed by atoms with E-state index in [2.05, 4.69) is 15.6 Å². The molecule has 0 saturated heterocycles. The van der Waals surface area contributed by atoms with Crippen LogP contribution in [0.25, 0.3) is 11.0 Å². The van der Waals surface area contributed by atoms with Crippen LogP contribution in [0.1, 0.15) is 10.4 Å². The van der Waals surface area contributed by atoms with E-state index in [-0.39, 0.29) is 12.2 Å². The van der Waals surface area contributed by atoms with Crippen LogP contribution in [0.5, 0.6) is 0 Å². The number of nitrogens with zero attached hydrogens (tertiary/aromatic N) is 3. The van der Waals surface area contributed by atoms with Gasteiger partial charge in [-0.2, -0.15) is 0 Å². The van der Waals surface area contributed by atoms with Gasteiger partial charge in [0.25, 0.3) is 5.91 Å². The number of para-hydroxylation sites is 1. The van der Waals surface area contributed by atoms with E-state index in [1.165, 1.54) is 18.2 Å². The largest absolute Gasteiger partial charge is 0.333 e. The number of rotatable bonds is 3. The minimum absolute atomic E-state index is 0.0110. The molecule has 0 spiro atoms. The summed E-state index contributed by atoms with van der Waals surface area (Å²) in [7, 11) is 0. The first-order valence-corrected chi connectivity index (χ1v) is 6.06. The highest BCUT2D eigenvalue weighted by Crippen LogP contribution is 2.09. The number of nitrogens with one attached hydrogen (secondary N) is 1. The number of hydrogen-bond acceptors (Lipinski definition) is 3. The van der Waals surface area contributed by atoms with Crippen LogP contribution >= 0.6 is 0 Å². The Hall–Kier alpha value is -2.76. The molecule has 100 valence electrons. The van der Waals surface area contributed by atoms with Gasteiger partial charge >= 0.3 is 0 Å². The number of amides is 1. The molecule has 5 nitrogen and oxygen atoms in total. The van der Waals surface area contributed by atoms with E-state index in [4.69, 9.17) is 0 Å². The third kappa shape index (κ3) is 2.23. The topological polar surface area (TPSA) is 59.8 Å². The van der Waals surface area contributed by atoms with Crippen LogP contribution in [0.4, 0.5) is 4.39 Å². The lowest BCUT2D eigenvalue weighted by atomic mass is 10.2. The Morgan fingerprint density at radius 3 is 2.75 bits per heavy atom. The molecular formula is C14H11FN4O. The Balaban J connectivity index is 1.77. The normalized spacial score (nSPS) is 10.7. The second kappa shape index (κ2) is 5.08. The van der Waals surface area contributed by atoms with Crippen LogP contribution in [0, 0.1) is 5.82 Å². The van der Waals surface area contributed by atoms with Crippen molar-refractivity contribution in [3.8, 4) is 0 Å². The number of aromatic nitrogens is 3. The van der Waals surface area contributed by atoms with Gasteiger partial charge < -0.3 is 5.32 Å². The van der Waals surface area contributed by atoms with Crippen molar-refractivity contribution in [2.75, 3.05) is 0 Å². The maximum Gasteiger partial charge on any atom is 0.255 e. The summed E-state index contributed by atoms with van der Waals surface area (Å²) in [5.74, 6) is -1.03. The van der Waals surface area contributed by atoms with E-state index in [1.807, 2.05) is 24.3 Å². The summed E-state index contributed by atoms with van der Waals surface area (Å²) in [4.78, 5) is 11.9. The third-order valence-corrected chi connectivity index (χ3v) is 2.93. The molecule has 0 saturated carbocycles. The van der Waals surface area contributed by atoms with Crippen molar-refractivity contribution in [2.45, 2.75) is 6.67 Å². The highest BCUT2D eigenvalue weighted by Gasteiger charge is 2.11. The maximum absolute atomic E-state index is 13.5. The molecular weight excluding hydrogens is 259 g/mol. The van der Waals surface area contributed by atoms with Crippen LogP contribution in [0.15, 0.2) is 48.5 Å². The predicted octanol–water partition coefficient (Wildman–Crippen LogP) is 1.96. The van der Waals surface area contributed by atoms with E-state index in [0.717, 1.165) is 11.0 Å². The van der Waals surface area contributed by atoms with Gasteiger partial charge in [-0.15, -0.1) is 5.10 Å². The first kappa shape index (κ1) is 12.3. The zero-order valence-corrected chi connectivity index (χ0v) is 10.5. The third-order valence-electron chi connectivity index (χ3n) is 2.93. The number of benzene rings is 2. The number of carbonyl (C=O) groups excluding carboxylic acids is 1. The molecule has 0 aliphatic carbocycles. The van der Waals surface area contributed by atoms with Crippen molar-refractivity contribution in [1.82, 2.24) is 20.3 Å². The Bertz CT molecular complexity index is 768. The van der Waals surface area contributed by atoms with E-state index >= 15 is 0 Å². The fraction of sp³-hybridized carbons (Fsp3) is 0.0714. The Kier molecular flexibility index (Phi) is 3.12. The highest BCUT2D eigenvalue weighted by atomic mass is 19.1. The molecule has 0 fully saturated rings. The molecule has 0 atom stereocenters. The minimum Gasteiger partial charge on any atom is -0.333 e. The smallest absolute Gasteiger partial charge is 0.255 e. The number of halogens is 1. The summed E-state index contributed by atoms with van der Waals surface area (Å²) in [5, 5.41) is 10.5. The fourth-order valence-electron chi connectivity index (χ4n) is 1.92. The van der Waals surface area contributed by atoms with Gasteiger partial charge in [-0.1, -0.05) is 29.5 Å². The number of carbonyl (C=O) groups is 1. The molecule has 1 aromatic heterocycles. The monoisotopic (exact) mass is 270 g/mol. The molecule has 0 aliphatic heterocycles. The summed E-state index contributed by atoms with van der Waals surface area (Å²) in [5.41, 5.74) is 1.56. The van der Waals surface area contributed by atoms with Crippen LogP contribution < -0.4 is 5.32 Å². The van der Waals surface area contributed by atoms with Gasteiger partial charge in [0, 0.05) is 0 Å². The SMILES string of the molecule is O=C(NCn1nnc2ccccc21)c1ccccc1F. The first-order valence-electron chi connectivity index (χ1n) is 6.06. The van der Waals surface area contributed by atoms with E-state index in [0.29, 0.717) is 0 Å². The van der Waals surface area contributed by atoms with Gasteiger partial charge in [0.2, 0.25) is 0 Å². The molecule has 20 heavy (non-hydrogen) atoms.